The Balaban J connectivity index is 1.48. The summed E-state index contributed by atoms with van der Waals surface area (Å²) in [5, 5.41) is 2.17. The fourth-order valence-electron chi connectivity index (χ4n) is 4.96. The molecule has 4 aromatic rings. The Bertz CT molecular complexity index is 1380. The molecule has 1 atom stereocenters. The molecule has 1 unspecified atom stereocenters. The van der Waals surface area contributed by atoms with Crippen LogP contribution in [0.1, 0.15) is 31.9 Å². The Kier molecular flexibility index (Phi) is 5.15. The highest BCUT2D eigenvalue weighted by Crippen LogP contribution is 2.37. The van der Waals surface area contributed by atoms with E-state index in [-0.39, 0.29) is 16.4 Å². The van der Waals surface area contributed by atoms with Crippen LogP contribution in [0, 0.1) is 5.41 Å². The van der Waals surface area contributed by atoms with Crippen LogP contribution in [-0.4, -0.2) is 42.5 Å². The third-order valence-electron chi connectivity index (χ3n) is 6.74. The Morgan fingerprint density at radius 1 is 1.16 bits per heavy atom. The molecule has 2 aromatic carbocycles. The van der Waals surface area contributed by atoms with E-state index in [0.29, 0.717) is 6.54 Å². The number of para-hydroxylation sites is 1. The average Bonchev–Trinajstić information content (AvgIpc) is 3.46. The van der Waals surface area contributed by atoms with Crippen LogP contribution in [0.4, 0.5) is 0 Å². The van der Waals surface area contributed by atoms with Crippen molar-refractivity contribution >= 4 is 31.8 Å². The van der Waals surface area contributed by atoms with E-state index in [9.17, 15) is 8.42 Å². The quantitative estimate of drug-likeness (QED) is 0.457. The molecule has 3 heterocycles. The van der Waals surface area contributed by atoms with Crippen LogP contribution in [0.25, 0.3) is 21.8 Å². The van der Waals surface area contributed by atoms with Crippen LogP contribution in [-0.2, 0) is 17.1 Å². The van der Waals surface area contributed by atoms with Gasteiger partial charge in [0.1, 0.15) is 0 Å². The van der Waals surface area contributed by atoms with Gasteiger partial charge in [-0.2, -0.15) is 0 Å². The van der Waals surface area contributed by atoms with Gasteiger partial charge in [-0.1, -0.05) is 38.1 Å². The molecule has 0 aliphatic carbocycles. The molecule has 0 saturated carbocycles. The van der Waals surface area contributed by atoms with Crippen LogP contribution in [0.2, 0.25) is 0 Å². The van der Waals surface area contributed by atoms with Crippen molar-refractivity contribution in [2.24, 2.45) is 12.5 Å². The molecule has 1 aliphatic heterocycles. The summed E-state index contributed by atoms with van der Waals surface area (Å²) in [7, 11) is -1.59. The zero-order valence-electron chi connectivity index (χ0n) is 18.8. The van der Waals surface area contributed by atoms with Gasteiger partial charge in [0.05, 0.1) is 10.9 Å². The predicted octanol–water partition coefficient (Wildman–Crippen LogP) is 4.41. The highest BCUT2D eigenvalue weighted by atomic mass is 32.2. The lowest BCUT2D eigenvalue weighted by Crippen LogP contribution is -2.37. The molecule has 6 nitrogen and oxygen atoms in total. The van der Waals surface area contributed by atoms with Gasteiger partial charge in [-0.05, 0) is 53.6 Å². The molecule has 32 heavy (non-hydrogen) atoms. The number of sulfonamides is 1. The molecule has 0 bridgehead atoms. The third-order valence-corrected chi connectivity index (χ3v) is 8.16. The van der Waals surface area contributed by atoms with Gasteiger partial charge in [-0.3, -0.25) is 4.90 Å². The van der Waals surface area contributed by atoms with Crippen LogP contribution in [0.5, 0.6) is 0 Å². The molecule has 1 saturated heterocycles. The SMILES string of the molecule is Cn1cc(C(CNS(=O)(=O)c2ccc3cc[nH]c3c2)N2CCC(C)(C)C2)c2ccccc21. The lowest BCUT2D eigenvalue weighted by molar-refractivity contribution is 0.220. The molecular weight excluding hydrogens is 420 g/mol. The van der Waals surface area contributed by atoms with Crippen molar-refractivity contribution < 1.29 is 8.42 Å². The first-order chi connectivity index (χ1) is 15.2. The van der Waals surface area contributed by atoms with E-state index in [1.165, 1.54) is 10.9 Å². The molecule has 5 rings (SSSR count). The summed E-state index contributed by atoms with van der Waals surface area (Å²) >= 11 is 0. The molecule has 2 aromatic heterocycles. The molecule has 1 aliphatic rings. The lowest BCUT2D eigenvalue weighted by atomic mass is 9.93. The van der Waals surface area contributed by atoms with E-state index in [2.05, 4.69) is 51.4 Å². The summed E-state index contributed by atoms with van der Waals surface area (Å²) in [6.45, 7) is 6.79. The highest BCUT2D eigenvalue weighted by Gasteiger charge is 2.35. The summed E-state index contributed by atoms with van der Waals surface area (Å²) in [6, 6.07) is 15.4. The van der Waals surface area contributed by atoms with Crippen molar-refractivity contribution in [2.75, 3.05) is 19.6 Å². The fourth-order valence-corrected chi connectivity index (χ4v) is 6.02. The minimum atomic E-state index is -3.64. The van der Waals surface area contributed by atoms with Gasteiger partial charge in [0.15, 0.2) is 0 Å². The van der Waals surface area contributed by atoms with Gasteiger partial charge < -0.3 is 9.55 Å². The third kappa shape index (κ3) is 3.85. The van der Waals surface area contributed by atoms with E-state index in [0.717, 1.165) is 35.9 Å². The fraction of sp³-hybridized carbons (Fsp3) is 0.360. The van der Waals surface area contributed by atoms with Gasteiger partial charge in [0.2, 0.25) is 10.0 Å². The number of H-pyrrole nitrogens is 1. The maximum absolute atomic E-state index is 13.2. The van der Waals surface area contributed by atoms with Gasteiger partial charge >= 0.3 is 0 Å². The number of fused-ring (bicyclic) bond motifs is 2. The minimum absolute atomic E-state index is 0.0353. The number of aromatic nitrogens is 2. The first-order valence-electron chi connectivity index (χ1n) is 11.1. The van der Waals surface area contributed by atoms with E-state index in [1.54, 1.807) is 12.1 Å². The molecule has 7 heteroatoms. The number of rotatable bonds is 6. The number of hydrogen-bond acceptors (Lipinski definition) is 3. The van der Waals surface area contributed by atoms with Crippen molar-refractivity contribution in [1.29, 1.82) is 0 Å². The summed E-state index contributed by atoms with van der Waals surface area (Å²) in [5.41, 5.74) is 3.37. The maximum Gasteiger partial charge on any atom is 0.240 e. The van der Waals surface area contributed by atoms with Crippen molar-refractivity contribution in [2.45, 2.75) is 31.2 Å². The van der Waals surface area contributed by atoms with Crippen LogP contribution in [0.3, 0.4) is 0 Å². The van der Waals surface area contributed by atoms with E-state index in [4.69, 9.17) is 0 Å². The summed E-state index contributed by atoms with van der Waals surface area (Å²) in [4.78, 5) is 5.81. The molecule has 1 fully saturated rings. The second-order valence-corrected chi connectivity index (χ2v) is 11.5. The zero-order valence-corrected chi connectivity index (χ0v) is 19.6. The van der Waals surface area contributed by atoms with Crippen LogP contribution in [0.15, 0.2) is 65.8 Å². The first-order valence-corrected chi connectivity index (χ1v) is 12.6. The summed E-state index contributed by atoms with van der Waals surface area (Å²) < 4.78 is 31.4. The van der Waals surface area contributed by atoms with E-state index < -0.39 is 10.0 Å². The monoisotopic (exact) mass is 450 g/mol. The Morgan fingerprint density at radius 2 is 1.97 bits per heavy atom. The van der Waals surface area contributed by atoms with Gasteiger partial charge in [-0.15, -0.1) is 0 Å². The topological polar surface area (TPSA) is 70.1 Å². The maximum atomic E-state index is 13.2. The molecule has 2 N–H and O–H groups in total. The minimum Gasteiger partial charge on any atom is -0.361 e. The number of nitrogens with one attached hydrogen (secondary N) is 2. The highest BCUT2D eigenvalue weighted by molar-refractivity contribution is 7.89. The molecule has 168 valence electrons. The lowest BCUT2D eigenvalue weighted by Gasteiger charge is -2.29. The summed E-state index contributed by atoms with van der Waals surface area (Å²) in [5.74, 6) is 0. The smallest absolute Gasteiger partial charge is 0.240 e. The van der Waals surface area contributed by atoms with Crippen LogP contribution >= 0.6 is 0 Å². The number of aromatic amines is 1. The number of likely N-dealkylation sites (tertiary alicyclic amines) is 1. The summed E-state index contributed by atoms with van der Waals surface area (Å²) in [6.07, 6.45) is 5.07. The standard InChI is InChI=1S/C25H30N4O2S/c1-25(2)11-13-29(17-25)24(21-16-28(3)23-7-5-4-6-20(21)23)15-27-32(30,31)19-9-8-18-10-12-26-22(18)14-19/h4-10,12,14,16,24,26-27H,11,13,15,17H2,1-3H3. The van der Waals surface area contributed by atoms with Crippen molar-refractivity contribution in [3.8, 4) is 0 Å². The number of aryl methyl sites for hydroxylation is 1. The predicted molar refractivity (Wildman–Crippen MR) is 129 cm³/mol. The Labute approximate surface area is 189 Å². The van der Waals surface area contributed by atoms with Crippen LogP contribution < -0.4 is 4.72 Å². The second-order valence-electron chi connectivity index (χ2n) is 9.69. The number of hydrogen-bond donors (Lipinski definition) is 2. The van der Waals surface area contributed by atoms with Gasteiger partial charge in [-0.25, -0.2) is 13.1 Å². The number of benzene rings is 2. The average molecular weight is 451 g/mol. The molecule has 0 spiro atoms. The van der Waals surface area contributed by atoms with E-state index >= 15 is 0 Å². The molecule has 0 radical (unpaired) electrons. The molecular formula is C25H30N4O2S. The van der Waals surface area contributed by atoms with Crippen molar-refractivity contribution in [1.82, 2.24) is 19.2 Å². The molecule has 0 amide bonds. The normalized spacial score (nSPS) is 18.0. The number of nitrogens with zero attached hydrogens (tertiary/aromatic N) is 2. The Morgan fingerprint density at radius 3 is 2.75 bits per heavy atom. The second kappa shape index (κ2) is 7.76. The van der Waals surface area contributed by atoms with Gasteiger partial charge in [0, 0.05) is 49.0 Å². The van der Waals surface area contributed by atoms with E-state index in [1.807, 2.05) is 37.5 Å². The first kappa shape index (κ1) is 21.2. The largest absolute Gasteiger partial charge is 0.361 e. The van der Waals surface area contributed by atoms with Crippen molar-refractivity contribution in [3.05, 3.63) is 66.5 Å². The van der Waals surface area contributed by atoms with Crippen molar-refractivity contribution in [3.63, 3.8) is 0 Å². The Hall–Kier alpha value is -2.61. The zero-order chi connectivity index (χ0) is 22.5. The van der Waals surface area contributed by atoms with Gasteiger partial charge in [0.25, 0.3) is 0 Å².